The van der Waals surface area contributed by atoms with Gasteiger partial charge in [-0.15, -0.1) is 0 Å². The Morgan fingerprint density at radius 1 is 1.02 bits per heavy atom. The second-order valence-electron chi connectivity index (χ2n) is 11.7. The van der Waals surface area contributed by atoms with E-state index >= 15 is 0 Å². The largest absolute Gasteiger partial charge is 0.490 e. The number of fused-ring (bicyclic) bond motifs is 4. The van der Waals surface area contributed by atoms with Crippen LogP contribution in [-0.4, -0.2) is 49.0 Å². The number of unbranched alkanes of at least 4 members (excludes halogenated alkanes) is 1. The van der Waals surface area contributed by atoms with Gasteiger partial charge in [-0.05, 0) is 78.3 Å². The lowest BCUT2D eigenvalue weighted by Crippen LogP contribution is -2.39. The molecule has 1 atom stereocenters. The van der Waals surface area contributed by atoms with Crippen LogP contribution in [0.5, 0.6) is 5.75 Å². The van der Waals surface area contributed by atoms with Crippen molar-refractivity contribution in [3.63, 3.8) is 0 Å². The molecule has 8 heteroatoms. The number of hydrogen-bond donors (Lipinski definition) is 2. The van der Waals surface area contributed by atoms with E-state index < -0.39 is 17.8 Å². The molecule has 3 aromatic carbocycles. The van der Waals surface area contributed by atoms with Crippen LogP contribution >= 0.6 is 0 Å². The molecule has 0 amide bonds. The topological polar surface area (TPSA) is 57.6 Å². The molecule has 1 aliphatic heterocycles. The summed E-state index contributed by atoms with van der Waals surface area (Å²) in [4.78, 5) is 6.42. The molecule has 1 unspecified atom stereocenters. The van der Waals surface area contributed by atoms with Crippen molar-refractivity contribution in [3.05, 3.63) is 95.7 Å². The Balaban J connectivity index is 1.00. The van der Waals surface area contributed by atoms with Crippen LogP contribution in [0.1, 0.15) is 49.3 Å². The second-order valence-corrected chi connectivity index (χ2v) is 11.7. The number of rotatable bonds is 10. The highest BCUT2D eigenvalue weighted by molar-refractivity contribution is 6.03. The Kier molecular flexibility index (Phi) is 8.91. The first-order valence-electron chi connectivity index (χ1n) is 15.5. The summed E-state index contributed by atoms with van der Waals surface area (Å²) in [7, 11) is 0. The molecule has 0 radical (unpaired) electrons. The number of allylic oxidation sites excluding steroid dienone is 1. The van der Waals surface area contributed by atoms with E-state index in [1.54, 1.807) is 6.20 Å². The van der Waals surface area contributed by atoms with E-state index in [-0.39, 0.29) is 6.61 Å². The maximum atomic E-state index is 13.2. The number of aliphatic hydroxyl groups excluding tert-OH is 1. The minimum absolute atomic E-state index is 0.198. The average molecular weight is 602 g/mol. The van der Waals surface area contributed by atoms with Gasteiger partial charge in [0.1, 0.15) is 18.5 Å². The number of pyridine rings is 1. The van der Waals surface area contributed by atoms with Crippen molar-refractivity contribution >= 4 is 22.2 Å². The summed E-state index contributed by atoms with van der Waals surface area (Å²) in [5.74, 6) is 1.24. The Labute approximate surface area is 256 Å². The van der Waals surface area contributed by atoms with E-state index in [2.05, 4.69) is 58.5 Å². The normalized spacial score (nSPS) is 16.8. The highest BCUT2D eigenvalue weighted by Crippen LogP contribution is 2.48. The minimum Gasteiger partial charge on any atom is -0.490 e. The molecule has 2 N–H and O–H groups in total. The zero-order valence-electron chi connectivity index (χ0n) is 24.9. The van der Waals surface area contributed by atoms with Crippen molar-refractivity contribution in [2.45, 2.75) is 44.9 Å². The summed E-state index contributed by atoms with van der Waals surface area (Å²) in [5.41, 5.74) is 6.53. The summed E-state index contributed by atoms with van der Waals surface area (Å²) in [6.45, 7) is 5.23. The quantitative estimate of drug-likeness (QED) is 0.172. The lowest BCUT2D eigenvalue weighted by molar-refractivity contribution is -0.137. The molecule has 2 aliphatic rings. The number of anilines is 1. The van der Waals surface area contributed by atoms with Crippen molar-refractivity contribution in [3.8, 4) is 16.9 Å². The SMILES string of the molecule is CCC/C=C1/c2ccccc2-c2c(OCC(O)CNCC3CCN(c4ccnc5cc(C(F)(F)F)ccc45)CC3)cccc21. The maximum Gasteiger partial charge on any atom is 0.416 e. The molecule has 230 valence electrons. The lowest BCUT2D eigenvalue weighted by Gasteiger charge is -2.34. The van der Waals surface area contributed by atoms with Crippen molar-refractivity contribution in [1.29, 1.82) is 0 Å². The van der Waals surface area contributed by atoms with E-state index in [0.29, 0.717) is 18.0 Å². The van der Waals surface area contributed by atoms with Crippen molar-refractivity contribution in [2.75, 3.05) is 37.7 Å². The Bertz CT molecular complexity index is 1640. The van der Waals surface area contributed by atoms with E-state index in [0.717, 1.165) is 79.8 Å². The predicted octanol–water partition coefficient (Wildman–Crippen LogP) is 7.71. The van der Waals surface area contributed by atoms with Gasteiger partial charge in [-0.25, -0.2) is 0 Å². The Hall–Kier alpha value is -3.88. The zero-order chi connectivity index (χ0) is 30.7. The Morgan fingerprint density at radius 2 is 1.80 bits per heavy atom. The van der Waals surface area contributed by atoms with Gasteiger partial charge in [0.25, 0.3) is 0 Å². The number of aromatic nitrogens is 1. The van der Waals surface area contributed by atoms with Crippen LogP contribution in [-0.2, 0) is 6.18 Å². The second kappa shape index (κ2) is 13.0. The molecule has 2 heterocycles. The number of halogens is 3. The maximum absolute atomic E-state index is 13.2. The fourth-order valence-electron chi connectivity index (χ4n) is 6.41. The first kappa shape index (κ1) is 30.2. The number of nitrogens with zero attached hydrogens (tertiary/aromatic N) is 2. The van der Waals surface area contributed by atoms with Gasteiger partial charge < -0.3 is 20.1 Å². The molecule has 44 heavy (non-hydrogen) atoms. The fraction of sp³-hybridized carbons (Fsp3) is 0.361. The van der Waals surface area contributed by atoms with Crippen LogP contribution in [0.25, 0.3) is 27.6 Å². The molecule has 4 aromatic rings. The van der Waals surface area contributed by atoms with Gasteiger partial charge >= 0.3 is 6.18 Å². The molecule has 1 saturated heterocycles. The van der Waals surface area contributed by atoms with E-state index in [9.17, 15) is 18.3 Å². The smallest absolute Gasteiger partial charge is 0.416 e. The highest BCUT2D eigenvalue weighted by atomic mass is 19.4. The van der Waals surface area contributed by atoms with Crippen LogP contribution in [0.2, 0.25) is 0 Å². The van der Waals surface area contributed by atoms with Crippen molar-refractivity contribution < 1.29 is 23.0 Å². The number of piperidine rings is 1. The van der Waals surface area contributed by atoms with Crippen LogP contribution in [0.3, 0.4) is 0 Å². The number of benzene rings is 3. The molecule has 6 rings (SSSR count). The average Bonchev–Trinajstić information content (AvgIpc) is 3.36. The Morgan fingerprint density at radius 3 is 2.57 bits per heavy atom. The van der Waals surface area contributed by atoms with Gasteiger partial charge in [-0.3, -0.25) is 4.98 Å². The molecule has 1 aromatic heterocycles. The van der Waals surface area contributed by atoms with Crippen molar-refractivity contribution in [2.24, 2.45) is 5.92 Å². The van der Waals surface area contributed by atoms with Gasteiger partial charge in [-0.2, -0.15) is 13.2 Å². The van der Waals surface area contributed by atoms with E-state index in [1.165, 1.54) is 28.3 Å². The van der Waals surface area contributed by atoms with Gasteiger partial charge in [0.2, 0.25) is 0 Å². The first-order valence-corrected chi connectivity index (χ1v) is 15.5. The third-order valence-corrected chi connectivity index (χ3v) is 8.69. The molecule has 5 nitrogen and oxygen atoms in total. The molecular formula is C36H38F3N3O2. The number of hydrogen-bond acceptors (Lipinski definition) is 5. The minimum atomic E-state index is -4.39. The van der Waals surface area contributed by atoms with Gasteiger partial charge in [0.05, 0.1) is 11.1 Å². The van der Waals surface area contributed by atoms with Crippen LogP contribution < -0.4 is 15.0 Å². The summed E-state index contributed by atoms with van der Waals surface area (Å²) in [6, 6.07) is 20.2. The van der Waals surface area contributed by atoms with E-state index in [1.807, 2.05) is 18.2 Å². The summed E-state index contributed by atoms with van der Waals surface area (Å²) >= 11 is 0. The number of alkyl halides is 3. The van der Waals surface area contributed by atoms with Crippen LogP contribution in [0.4, 0.5) is 18.9 Å². The summed E-state index contributed by atoms with van der Waals surface area (Å²) in [5, 5.41) is 14.9. The molecule has 1 aliphatic carbocycles. The highest BCUT2D eigenvalue weighted by Gasteiger charge is 2.31. The fourth-order valence-corrected chi connectivity index (χ4v) is 6.41. The third kappa shape index (κ3) is 6.33. The van der Waals surface area contributed by atoms with Gasteiger partial charge in [0.15, 0.2) is 0 Å². The van der Waals surface area contributed by atoms with Crippen LogP contribution in [0.15, 0.2) is 79.0 Å². The van der Waals surface area contributed by atoms with Gasteiger partial charge in [-0.1, -0.05) is 61.9 Å². The van der Waals surface area contributed by atoms with E-state index in [4.69, 9.17) is 4.74 Å². The molecule has 1 fully saturated rings. The molecule has 0 bridgehead atoms. The molecule has 0 spiro atoms. The number of aliphatic hydroxyl groups is 1. The lowest BCUT2D eigenvalue weighted by atomic mass is 9.96. The molecule has 0 saturated carbocycles. The first-order chi connectivity index (χ1) is 21.3. The number of ether oxygens (including phenoxy) is 1. The van der Waals surface area contributed by atoms with Gasteiger partial charge in [0, 0.05) is 42.5 Å². The summed E-state index contributed by atoms with van der Waals surface area (Å²) < 4.78 is 45.7. The molecular weight excluding hydrogens is 563 g/mol. The predicted molar refractivity (Wildman–Crippen MR) is 170 cm³/mol. The third-order valence-electron chi connectivity index (χ3n) is 8.69. The number of nitrogens with one attached hydrogen (secondary N) is 1. The zero-order valence-corrected chi connectivity index (χ0v) is 24.9. The van der Waals surface area contributed by atoms with Crippen molar-refractivity contribution in [1.82, 2.24) is 10.3 Å². The monoisotopic (exact) mass is 601 g/mol. The van der Waals surface area contributed by atoms with Crippen LogP contribution in [0, 0.1) is 5.92 Å². The summed E-state index contributed by atoms with van der Waals surface area (Å²) in [6.07, 6.45) is 2.86. The standard InChI is InChI=1S/C36H38F3N3O2/c1-2-3-7-27-28-8-4-5-9-29(28)35-30(27)10-6-11-34(35)44-23-26(43)22-40-21-24-15-18-42(19-16-24)33-14-17-41-32-20-25(36(37,38)39)12-13-31(32)33/h4-14,17,20,24,26,40,43H,2-3,15-16,18-19,21-23H2,1H3/b27-7-.